The molecule has 0 aromatic carbocycles. The van der Waals surface area contributed by atoms with E-state index < -0.39 is 5.60 Å². The van der Waals surface area contributed by atoms with Gasteiger partial charge in [0.15, 0.2) is 0 Å². The smallest absolute Gasteiger partial charge is 0.129 e. The molecule has 0 aliphatic carbocycles. The lowest BCUT2D eigenvalue weighted by molar-refractivity contribution is -0.118. The van der Waals surface area contributed by atoms with E-state index in [0.29, 0.717) is 24.2 Å². The number of aliphatic hydroxyl groups is 1. The van der Waals surface area contributed by atoms with Gasteiger partial charge < -0.3 is 9.90 Å². The fourth-order valence-electron chi connectivity index (χ4n) is 3.13. The first kappa shape index (κ1) is 16.6. The number of hydrogen-bond donors (Lipinski definition) is 1. The van der Waals surface area contributed by atoms with Gasteiger partial charge in [0.25, 0.3) is 0 Å². The summed E-state index contributed by atoms with van der Waals surface area (Å²) in [4.78, 5) is 11.2. The summed E-state index contributed by atoms with van der Waals surface area (Å²) in [6.07, 6.45) is 1.52. The van der Waals surface area contributed by atoms with Gasteiger partial charge in [-0.15, -0.1) is 0 Å². The fourth-order valence-corrected chi connectivity index (χ4v) is 3.13. The molecule has 0 aliphatic rings. The highest BCUT2D eigenvalue weighted by Gasteiger charge is 2.37. The molecule has 2 atom stereocenters. The number of rotatable bonds is 7. The summed E-state index contributed by atoms with van der Waals surface area (Å²) in [6.45, 7) is 14.1. The highest BCUT2D eigenvalue weighted by molar-refractivity contribution is 5.75. The van der Waals surface area contributed by atoms with Crippen molar-refractivity contribution in [3.63, 3.8) is 0 Å². The van der Waals surface area contributed by atoms with E-state index in [4.69, 9.17) is 0 Å². The molecule has 102 valence electrons. The van der Waals surface area contributed by atoms with Gasteiger partial charge in [0.1, 0.15) is 5.78 Å². The molecule has 0 aromatic heterocycles. The molecule has 0 fully saturated rings. The summed E-state index contributed by atoms with van der Waals surface area (Å²) < 4.78 is 0. The molecule has 0 radical (unpaired) electrons. The predicted molar refractivity (Wildman–Crippen MR) is 72.9 cm³/mol. The number of Topliss-reactive ketones (excluding diaryl/α,β-unsaturated/α-hetero) is 1. The van der Waals surface area contributed by atoms with Crippen molar-refractivity contribution in [1.82, 2.24) is 0 Å². The minimum Gasteiger partial charge on any atom is -0.390 e. The Hall–Kier alpha value is -0.370. The molecule has 0 aromatic rings. The molecule has 0 spiro atoms. The lowest BCUT2D eigenvalue weighted by Gasteiger charge is -2.41. The third-order valence-corrected chi connectivity index (χ3v) is 3.68. The Morgan fingerprint density at radius 3 is 1.82 bits per heavy atom. The molecular weight excluding hydrogens is 212 g/mol. The van der Waals surface area contributed by atoms with E-state index in [9.17, 15) is 9.90 Å². The Morgan fingerprint density at radius 1 is 1.12 bits per heavy atom. The molecule has 2 unspecified atom stereocenters. The SMILES string of the molecule is CC(=O)CCC(C(C)C)C(C(C)C)C(C)(C)O. The Morgan fingerprint density at radius 2 is 1.59 bits per heavy atom. The van der Waals surface area contributed by atoms with Crippen LogP contribution in [0.15, 0.2) is 0 Å². The lowest BCUT2D eigenvalue weighted by Crippen LogP contribution is -2.41. The Balaban J connectivity index is 4.91. The Labute approximate surface area is 107 Å². The normalized spacial score (nSPS) is 16.4. The van der Waals surface area contributed by atoms with Crippen LogP contribution in [-0.4, -0.2) is 16.5 Å². The highest BCUT2D eigenvalue weighted by atomic mass is 16.3. The monoisotopic (exact) mass is 242 g/mol. The minimum atomic E-state index is -0.681. The lowest BCUT2D eigenvalue weighted by atomic mass is 9.67. The van der Waals surface area contributed by atoms with Gasteiger partial charge >= 0.3 is 0 Å². The first-order chi connectivity index (χ1) is 7.57. The van der Waals surface area contributed by atoms with Gasteiger partial charge in [-0.3, -0.25) is 0 Å². The molecule has 0 saturated carbocycles. The van der Waals surface area contributed by atoms with Crippen LogP contribution in [0.4, 0.5) is 0 Å². The average Bonchev–Trinajstić information content (AvgIpc) is 2.07. The van der Waals surface area contributed by atoms with Gasteiger partial charge in [-0.25, -0.2) is 0 Å². The maximum absolute atomic E-state index is 11.2. The predicted octanol–water partition coefficient (Wildman–Crippen LogP) is 3.67. The van der Waals surface area contributed by atoms with E-state index in [1.165, 1.54) is 0 Å². The maximum Gasteiger partial charge on any atom is 0.129 e. The first-order valence-corrected chi connectivity index (χ1v) is 6.79. The molecule has 2 heteroatoms. The van der Waals surface area contributed by atoms with Crippen LogP contribution in [0.1, 0.15) is 61.3 Å². The van der Waals surface area contributed by atoms with Crippen molar-refractivity contribution in [2.45, 2.75) is 66.9 Å². The summed E-state index contributed by atoms with van der Waals surface area (Å²) in [7, 11) is 0. The van der Waals surface area contributed by atoms with Crippen molar-refractivity contribution in [3.05, 3.63) is 0 Å². The fraction of sp³-hybridized carbons (Fsp3) is 0.933. The average molecular weight is 242 g/mol. The number of hydrogen-bond acceptors (Lipinski definition) is 2. The van der Waals surface area contributed by atoms with Gasteiger partial charge in [0.2, 0.25) is 0 Å². The summed E-state index contributed by atoms with van der Waals surface area (Å²) in [5.41, 5.74) is -0.681. The van der Waals surface area contributed by atoms with Gasteiger partial charge in [-0.2, -0.15) is 0 Å². The first-order valence-electron chi connectivity index (χ1n) is 6.79. The molecule has 0 saturated heterocycles. The molecular formula is C15H30O2. The van der Waals surface area contributed by atoms with E-state index in [0.717, 1.165) is 6.42 Å². The summed E-state index contributed by atoms with van der Waals surface area (Å²) in [5.74, 6) is 1.80. The third kappa shape index (κ3) is 5.67. The van der Waals surface area contributed by atoms with E-state index in [1.807, 2.05) is 13.8 Å². The van der Waals surface area contributed by atoms with Crippen LogP contribution < -0.4 is 0 Å². The topological polar surface area (TPSA) is 37.3 Å². The summed E-state index contributed by atoms with van der Waals surface area (Å²) in [6, 6.07) is 0. The van der Waals surface area contributed by atoms with E-state index in [2.05, 4.69) is 27.7 Å². The van der Waals surface area contributed by atoms with Crippen molar-refractivity contribution < 1.29 is 9.90 Å². The second kappa shape index (κ2) is 6.53. The minimum absolute atomic E-state index is 0.238. The molecule has 0 bridgehead atoms. The van der Waals surface area contributed by atoms with Crippen molar-refractivity contribution in [2.24, 2.45) is 23.7 Å². The van der Waals surface area contributed by atoms with Crippen LogP contribution in [0.3, 0.4) is 0 Å². The molecule has 0 heterocycles. The molecule has 1 N–H and O–H groups in total. The zero-order valence-corrected chi connectivity index (χ0v) is 12.6. The zero-order valence-electron chi connectivity index (χ0n) is 12.6. The Bertz CT molecular complexity index is 236. The van der Waals surface area contributed by atoms with Crippen LogP contribution in [0, 0.1) is 23.7 Å². The summed E-state index contributed by atoms with van der Waals surface area (Å²) >= 11 is 0. The van der Waals surface area contributed by atoms with Crippen molar-refractivity contribution in [2.75, 3.05) is 0 Å². The molecule has 0 rings (SSSR count). The molecule has 17 heavy (non-hydrogen) atoms. The van der Waals surface area contributed by atoms with Crippen LogP contribution in [0.5, 0.6) is 0 Å². The number of carbonyl (C=O) groups excluding carboxylic acids is 1. The van der Waals surface area contributed by atoms with Crippen molar-refractivity contribution >= 4 is 5.78 Å². The standard InChI is InChI=1S/C15H30O2/c1-10(2)13(9-8-12(5)16)14(11(3)4)15(6,7)17/h10-11,13-14,17H,8-9H2,1-7H3. The van der Waals surface area contributed by atoms with Gasteiger partial charge in [0, 0.05) is 6.42 Å². The van der Waals surface area contributed by atoms with Gasteiger partial charge in [-0.05, 0) is 50.9 Å². The second-order valence-electron chi connectivity index (χ2n) is 6.57. The van der Waals surface area contributed by atoms with Crippen molar-refractivity contribution in [3.8, 4) is 0 Å². The largest absolute Gasteiger partial charge is 0.390 e. The van der Waals surface area contributed by atoms with E-state index in [1.54, 1.807) is 6.92 Å². The second-order valence-corrected chi connectivity index (χ2v) is 6.57. The summed E-state index contributed by atoms with van der Waals surface area (Å²) in [5, 5.41) is 10.3. The maximum atomic E-state index is 11.2. The van der Waals surface area contributed by atoms with Crippen LogP contribution in [-0.2, 0) is 4.79 Å². The van der Waals surface area contributed by atoms with Crippen molar-refractivity contribution in [1.29, 1.82) is 0 Å². The Kier molecular flexibility index (Phi) is 6.39. The third-order valence-electron chi connectivity index (χ3n) is 3.68. The van der Waals surface area contributed by atoms with Gasteiger partial charge in [-0.1, -0.05) is 27.7 Å². The number of carbonyl (C=O) groups is 1. The molecule has 2 nitrogen and oxygen atoms in total. The zero-order chi connectivity index (χ0) is 13.8. The number of ketones is 1. The molecule has 0 aliphatic heterocycles. The van der Waals surface area contributed by atoms with E-state index >= 15 is 0 Å². The molecule has 0 amide bonds. The highest BCUT2D eigenvalue weighted by Crippen LogP contribution is 2.38. The quantitative estimate of drug-likeness (QED) is 0.739. The van der Waals surface area contributed by atoms with Crippen LogP contribution >= 0.6 is 0 Å². The van der Waals surface area contributed by atoms with Gasteiger partial charge in [0.05, 0.1) is 5.60 Å². The van der Waals surface area contributed by atoms with Crippen LogP contribution in [0.25, 0.3) is 0 Å². The van der Waals surface area contributed by atoms with Crippen LogP contribution in [0.2, 0.25) is 0 Å². The van der Waals surface area contributed by atoms with E-state index in [-0.39, 0.29) is 11.7 Å².